The molecule has 9 heteroatoms. The monoisotopic (exact) mass is 485 g/mol. The molecule has 6 rings (SSSR count). The first kappa shape index (κ1) is 23.7. The predicted octanol–water partition coefficient (Wildman–Crippen LogP) is 4.16. The van der Waals surface area contributed by atoms with Gasteiger partial charge in [-0.3, -0.25) is 14.2 Å². The molecule has 1 fully saturated rings. The van der Waals surface area contributed by atoms with E-state index in [0.717, 1.165) is 41.4 Å². The van der Waals surface area contributed by atoms with Crippen molar-refractivity contribution in [3.63, 3.8) is 0 Å². The molecular weight excluding hydrogens is 454 g/mol. The molecular formula is C27H31N7O2. The van der Waals surface area contributed by atoms with Crippen molar-refractivity contribution < 1.29 is 9.90 Å². The Balaban J connectivity index is 0.000000623. The number of nitrogens with zero attached hydrogens (tertiary/aromatic N) is 5. The third-order valence-corrected chi connectivity index (χ3v) is 6.22. The average molecular weight is 486 g/mol. The highest BCUT2D eigenvalue weighted by Gasteiger charge is 2.28. The normalized spacial score (nSPS) is 14.9. The summed E-state index contributed by atoms with van der Waals surface area (Å²) in [7, 11) is 0. The molecule has 9 nitrogen and oxygen atoms in total. The third-order valence-electron chi connectivity index (χ3n) is 6.22. The summed E-state index contributed by atoms with van der Waals surface area (Å²) in [6.07, 6.45) is 11.0. The van der Waals surface area contributed by atoms with Gasteiger partial charge < -0.3 is 20.6 Å². The number of nitrogens with one attached hydrogen (secondary N) is 2. The summed E-state index contributed by atoms with van der Waals surface area (Å²) in [5, 5.41) is 14.3. The molecule has 6 heterocycles. The Morgan fingerprint density at radius 1 is 1.00 bits per heavy atom. The van der Waals surface area contributed by atoms with Crippen molar-refractivity contribution in [1.82, 2.24) is 24.7 Å². The Morgan fingerprint density at radius 2 is 1.81 bits per heavy atom. The number of aliphatic hydroxyl groups is 1. The summed E-state index contributed by atoms with van der Waals surface area (Å²) in [4.78, 5) is 28.8. The topological polar surface area (TPSA) is 108 Å². The van der Waals surface area contributed by atoms with Crippen molar-refractivity contribution >= 4 is 28.7 Å². The average Bonchev–Trinajstić information content (AvgIpc) is 3.49. The molecule has 2 aliphatic heterocycles. The van der Waals surface area contributed by atoms with Crippen LogP contribution in [0, 0.1) is 0 Å². The first-order valence-electron chi connectivity index (χ1n) is 12.4. The lowest BCUT2D eigenvalue weighted by Gasteiger charge is -2.28. The van der Waals surface area contributed by atoms with Crippen LogP contribution < -0.4 is 15.5 Å². The lowest BCUT2D eigenvalue weighted by atomic mass is 10.1. The van der Waals surface area contributed by atoms with E-state index in [1.165, 1.54) is 19.3 Å². The number of pyridine rings is 3. The zero-order valence-electron chi connectivity index (χ0n) is 20.6. The maximum absolute atomic E-state index is 12.7. The fourth-order valence-corrected chi connectivity index (χ4v) is 4.60. The first-order chi connectivity index (χ1) is 17.5. The van der Waals surface area contributed by atoms with Gasteiger partial charge in [-0.05, 0) is 57.4 Å². The molecule has 0 aromatic carbocycles. The molecule has 186 valence electrons. The number of hydrogen-bond acceptors (Lipinski definition) is 7. The van der Waals surface area contributed by atoms with Crippen LogP contribution in [0.1, 0.15) is 49.0 Å². The molecule has 2 aliphatic rings. The Bertz CT molecular complexity index is 1360. The van der Waals surface area contributed by atoms with E-state index < -0.39 is 0 Å². The van der Waals surface area contributed by atoms with E-state index in [4.69, 9.17) is 10.1 Å². The molecule has 4 aromatic rings. The lowest BCUT2D eigenvalue weighted by molar-refractivity contribution is 0.0966. The second kappa shape index (κ2) is 10.3. The number of carbonyl (C=O) groups is 1. The van der Waals surface area contributed by atoms with Crippen molar-refractivity contribution in [2.45, 2.75) is 45.8 Å². The zero-order chi connectivity index (χ0) is 25.1. The summed E-state index contributed by atoms with van der Waals surface area (Å²) in [5.41, 5.74) is 5.75. The van der Waals surface area contributed by atoms with E-state index in [0.29, 0.717) is 23.6 Å². The maximum atomic E-state index is 12.7. The standard InChI is InChI=1S/C24H23N7O.C3H8O/c32-24-22-17(13-28-24)23(19-15-26-21-6-2-5-11-31(19)21)27-14-18(22)29-20-8-7-16(12-25-20)30-9-3-1-4-10-30;1-3(2)4/h2,5-8,11-12,14-15H,1,3-4,9-10,13H2,(H,25,29)(H,28,32);3-4H,1-2H3. The Labute approximate surface area is 210 Å². The van der Waals surface area contributed by atoms with Crippen molar-refractivity contribution in [2.75, 3.05) is 23.3 Å². The van der Waals surface area contributed by atoms with Crippen molar-refractivity contribution in [2.24, 2.45) is 0 Å². The molecule has 3 N–H and O–H groups in total. The number of rotatable bonds is 4. The van der Waals surface area contributed by atoms with E-state index in [2.05, 4.69) is 31.6 Å². The second-order valence-corrected chi connectivity index (χ2v) is 9.30. The van der Waals surface area contributed by atoms with E-state index in [1.807, 2.05) is 41.1 Å². The van der Waals surface area contributed by atoms with Crippen LogP contribution in [0.3, 0.4) is 0 Å². The molecule has 0 unspecified atom stereocenters. The van der Waals surface area contributed by atoms with Gasteiger partial charge >= 0.3 is 0 Å². The van der Waals surface area contributed by atoms with Gasteiger partial charge in [-0.1, -0.05) is 6.07 Å². The lowest BCUT2D eigenvalue weighted by Crippen LogP contribution is -2.29. The van der Waals surface area contributed by atoms with Crippen LogP contribution in [0.2, 0.25) is 0 Å². The number of imidazole rings is 1. The van der Waals surface area contributed by atoms with Gasteiger partial charge in [-0.15, -0.1) is 0 Å². The van der Waals surface area contributed by atoms with Gasteiger partial charge in [-0.2, -0.15) is 0 Å². The van der Waals surface area contributed by atoms with E-state index in [9.17, 15) is 4.79 Å². The van der Waals surface area contributed by atoms with Crippen molar-refractivity contribution in [1.29, 1.82) is 0 Å². The zero-order valence-corrected chi connectivity index (χ0v) is 20.6. The van der Waals surface area contributed by atoms with Crippen LogP contribution >= 0.6 is 0 Å². The van der Waals surface area contributed by atoms with Gasteiger partial charge in [-0.25, -0.2) is 9.97 Å². The van der Waals surface area contributed by atoms with E-state index >= 15 is 0 Å². The number of carbonyl (C=O) groups excluding carboxylic acids is 1. The van der Waals surface area contributed by atoms with Crippen LogP contribution in [-0.4, -0.2) is 49.6 Å². The molecule has 36 heavy (non-hydrogen) atoms. The van der Waals surface area contributed by atoms with Crippen LogP contribution in [0.15, 0.2) is 55.1 Å². The fraction of sp³-hybridized carbons (Fsp3) is 0.333. The minimum Gasteiger partial charge on any atom is -0.394 e. The minimum absolute atomic E-state index is 0.107. The molecule has 1 amide bonds. The highest BCUT2D eigenvalue weighted by Crippen LogP contribution is 2.33. The summed E-state index contributed by atoms with van der Waals surface area (Å²) >= 11 is 0. The van der Waals surface area contributed by atoms with Gasteiger partial charge in [0.1, 0.15) is 11.5 Å². The molecule has 0 saturated carbocycles. The number of hydrogen-bond donors (Lipinski definition) is 3. The number of amides is 1. The van der Waals surface area contributed by atoms with Crippen LogP contribution in [-0.2, 0) is 6.54 Å². The Hall–Kier alpha value is -3.98. The number of anilines is 3. The SMILES string of the molecule is CC(C)O.O=C1NCc2c(-c3cnc4ccccn34)ncc(Nc3ccc(N4CCCCC4)cn3)c21. The molecule has 4 aromatic heterocycles. The Morgan fingerprint density at radius 3 is 2.56 bits per heavy atom. The molecule has 0 atom stereocenters. The van der Waals surface area contributed by atoms with E-state index in [1.54, 1.807) is 26.2 Å². The van der Waals surface area contributed by atoms with Crippen LogP contribution in [0.25, 0.3) is 17.0 Å². The highest BCUT2D eigenvalue weighted by atomic mass is 16.3. The van der Waals surface area contributed by atoms with Crippen molar-refractivity contribution in [3.05, 3.63) is 66.2 Å². The van der Waals surface area contributed by atoms with Gasteiger partial charge in [0, 0.05) is 37.5 Å². The van der Waals surface area contributed by atoms with Crippen LogP contribution in [0.4, 0.5) is 17.2 Å². The summed E-state index contributed by atoms with van der Waals surface area (Å²) in [5.74, 6) is 0.585. The Kier molecular flexibility index (Phi) is 6.81. The summed E-state index contributed by atoms with van der Waals surface area (Å²) in [6, 6.07) is 9.90. The predicted molar refractivity (Wildman–Crippen MR) is 141 cm³/mol. The molecule has 0 spiro atoms. The number of fused-ring (bicyclic) bond motifs is 2. The quantitative estimate of drug-likeness (QED) is 0.398. The van der Waals surface area contributed by atoms with Gasteiger partial charge in [0.25, 0.3) is 5.91 Å². The van der Waals surface area contributed by atoms with Gasteiger partial charge in [0.05, 0.1) is 46.9 Å². The second-order valence-electron chi connectivity index (χ2n) is 9.30. The summed E-state index contributed by atoms with van der Waals surface area (Å²) < 4.78 is 1.99. The van der Waals surface area contributed by atoms with Gasteiger partial charge in [0.15, 0.2) is 0 Å². The van der Waals surface area contributed by atoms with Crippen LogP contribution in [0.5, 0.6) is 0 Å². The smallest absolute Gasteiger partial charge is 0.254 e. The molecule has 0 radical (unpaired) electrons. The van der Waals surface area contributed by atoms with Gasteiger partial charge in [0.2, 0.25) is 0 Å². The first-order valence-corrected chi connectivity index (χ1v) is 12.4. The largest absolute Gasteiger partial charge is 0.394 e. The molecule has 0 bridgehead atoms. The number of aromatic nitrogens is 4. The maximum Gasteiger partial charge on any atom is 0.254 e. The van der Waals surface area contributed by atoms with E-state index in [-0.39, 0.29) is 12.0 Å². The molecule has 1 saturated heterocycles. The minimum atomic E-state index is -0.167. The summed E-state index contributed by atoms with van der Waals surface area (Å²) in [6.45, 7) is 6.04. The highest BCUT2D eigenvalue weighted by molar-refractivity contribution is 6.05. The fourth-order valence-electron chi connectivity index (χ4n) is 4.60. The number of aliphatic hydroxyl groups excluding tert-OH is 1. The molecule has 0 aliphatic carbocycles. The third kappa shape index (κ3) is 4.87. The number of piperidine rings is 1. The van der Waals surface area contributed by atoms with Crippen molar-refractivity contribution in [3.8, 4) is 11.4 Å².